The first kappa shape index (κ1) is 16.8. The quantitative estimate of drug-likeness (QED) is 0.685. The summed E-state index contributed by atoms with van der Waals surface area (Å²) in [6, 6.07) is 11.9. The van der Waals surface area contributed by atoms with Gasteiger partial charge < -0.3 is 15.1 Å². The molecule has 0 amide bonds. The molecule has 3 aromatic rings. The summed E-state index contributed by atoms with van der Waals surface area (Å²) in [4.78, 5) is 8.99. The van der Waals surface area contributed by atoms with Crippen LogP contribution >= 0.6 is 0 Å². The first-order valence-electron chi connectivity index (χ1n) is 8.31. The van der Waals surface area contributed by atoms with E-state index in [0.717, 1.165) is 29.7 Å². The molecule has 2 N–H and O–H groups in total. The van der Waals surface area contributed by atoms with Crippen LogP contribution < -0.4 is 10.6 Å². The van der Waals surface area contributed by atoms with Gasteiger partial charge in [0.05, 0.1) is 17.7 Å². The Kier molecular flexibility index (Phi) is 4.57. The lowest BCUT2D eigenvalue weighted by Gasteiger charge is -2.16. The minimum Gasteiger partial charge on any atom is -0.459 e. The molecule has 0 spiro atoms. The van der Waals surface area contributed by atoms with Crippen molar-refractivity contribution in [3.8, 4) is 6.07 Å². The van der Waals surface area contributed by atoms with Crippen LogP contribution in [-0.4, -0.2) is 16.5 Å². The zero-order valence-electron chi connectivity index (χ0n) is 14.6. The molecule has 0 aliphatic rings. The number of nitrogens with zero attached hydrogens (tertiary/aromatic N) is 3. The van der Waals surface area contributed by atoms with Crippen LogP contribution in [0, 0.1) is 11.3 Å². The molecule has 0 atom stereocenters. The van der Waals surface area contributed by atoms with Gasteiger partial charge in [-0.25, -0.2) is 4.98 Å². The minimum absolute atomic E-state index is 0.500. The molecule has 0 unspecified atom stereocenters. The Balaban J connectivity index is 1.86. The lowest BCUT2D eigenvalue weighted by Crippen LogP contribution is -2.13. The van der Waals surface area contributed by atoms with Crippen molar-refractivity contribution in [2.24, 2.45) is 0 Å². The van der Waals surface area contributed by atoms with E-state index in [4.69, 9.17) is 4.42 Å². The first-order valence-corrected chi connectivity index (χ1v) is 8.31. The van der Waals surface area contributed by atoms with Crippen molar-refractivity contribution in [1.29, 1.82) is 5.26 Å². The van der Waals surface area contributed by atoms with Gasteiger partial charge in [0.15, 0.2) is 11.4 Å². The van der Waals surface area contributed by atoms with Gasteiger partial charge in [-0.1, -0.05) is 19.1 Å². The van der Waals surface area contributed by atoms with Gasteiger partial charge in [-0.05, 0) is 38.0 Å². The highest BCUT2D eigenvalue weighted by Gasteiger charge is 2.19. The molecule has 1 aromatic carbocycles. The van der Waals surface area contributed by atoms with E-state index in [0.29, 0.717) is 17.3 Å². The molecule has 6 heteroatoms. The summed E-state index contributed by atoms with van der Waals surface area (Å²) >= 11 is 0. The molecule has 0 radical (unpaired) electrons. The summed E-state index contributed by atoms with van der Waals surface area (Å²) in [5, 5.41) is 15.7. The summed E-state index contributed by atoms with van der Waals surface area (Å²) in [5.74, 6) is 1.18. The molecule has 2 aromatic heterocycles. The summed E-state index contributed by atoms with van der Waals surface area (Å²) in [6.07, 6.45) is 2.60. The van der Waals surface area contributed by atoms with Crippen molar-refractivity contribution < 1.29 is 4.42 Å². The maximum absolute atomic E-state index is 9.23. The van der Waals surface area contributed by atoms with E-state index in [1.54, 1.807) is 6.26 Å². The Morgan fingerprint density at radius 1 is 1.16 bits per heavy atom. The van der Waals surface area contributed by atoms with Gasteiger partial charge in [-0.15, -0.1) is 0 Å². The molecule has 0 aliphatic carbocycles. The zero-order valence-corrected chi connectivity index (χ0v) is 14.6. The molecule has 128 valence electrons. The monoisotopic (exact) mass is 335 g/mol. The van der Waals surface area contributed by atoms with Gasteiger partial charge in [-0.3, -0.25) is 0 Å². The first-order chi connectivity index (χ1) is 12.0. The Bertz CT molecular complexity index is 906. The van der Waals surface area contributed by atoms with Crippen LogP contribution in [0.25, 0.3) is 11.1 Å². The molecule has 0 fully saturated rings. The van der Waals surface area contributed by atoms with Gasteiger partial charge in [0.1, 0.15) is 5.52 Å². The maximum atomic E-state index is 9.23. The van der Waals surface area contributed by atoms with E-state index >= 15 is 0 Å². The topological polar surface area (TPSA) is 86.8 Å². The Morgan fingerprint density at radius 3 is 2.60 bits per heavy atom. The highest BCUT2D eigenvalue weighted by Crippen LogP contribution is 2.26. The number of nitriles is 1. The van der Waals surface area contributed by atoms with E-state index in [-0.39, 0.29) is 0 Å². The molecule has 0 aliphatic heterocycles. The van der Waals surface area contributed by atoms with Crippen LogP contribution in [0.5, 0.6) is 0 Å². The van der Waals surface area contributed by atoms with Gasteiger partial charge in [-0.2, -0.15) is 10.2 Å². The Hall–Kier alpha value is -3.07. The van der Waals surface area contributed by atoms with Crippen LogP contribution in [0.2, 0.25) is 0 Å². The molecular weight excluding hydrogens is 314 g/mol. The van der Waals surface area contributed by atoms with Crippen LogP contribution in [0.1, 0.15) is 32.8 Å². The predicted octanol–water partition coefficient (Wildman–Crippen LogP) is 4.59. The molecule has 25 heavy (non-hydrogen) atoms. The fourth-order valence-corrected chi connectivity index (χ4v) is 2.45. The number of anilines is 3. The number of fused-ring (bicyclic) bond motifs is 1. The molecule has 0 saturated heterocycles. The third-order valence-electron chi connectivity index (χ3n) is 3.99. The summed E-state index contributed by atoms with van der Waals surface area (Å²) in [6.45, 7) is 6.70. The number of hydrogen-bond acceptors (Lipinski definition) is 6. The van der Waals surface area contributed by atoms with Crippen LogP contribution in [0.4, 0.5) is 17.5 Å². The maximum Gasteiger partial charge on any atom is 0.229 e. The Morgan fingerprint density at radius 2 is 1.92 bits per heavy atom. The van der Waals surface area contributed by atoms with E-state index < -0.39 is 5.41 Å². The van der Waals surface area contributed by atoms with Crippen LogP contribution in [0.15, 0.2) is 41.0 Å². The highest BCUT2D eigenvalue weighted by molar-refractivity contribution is 5.85. The van der Waals surface area contributed by atoms with E-state index in [1.165, 1.54) is 0 Å². The average Bonchev–Trinajstić information content (AvgIpc) is 3.09. The lowest BCUT2D eigenvalue weighted by molar-refractivity contribution is 0.614. The smallest absolute Gasteiger partial charge is 0.229 e. The second-order valence-corrected chi connectivity index (χ2v) is 6.40. The second kappa shape index (κ2) is 6.81. The third-order valence-corrected chi connectivity index (χ3v) is 3.99. The number of furan rings is 1. The van der Waals surface area contributed by atoms with E-state index in [9.17, 15) is 5.26 Å². The average molecular weight is 335 g/mol. The summed E-state index contributed by atoms with van der Waals surface area (Å²) < 4.78 is 5.47. The second-order valence-electron chi connectivity index (χ2n) is 6.40. The SMILES string of the molecule is CCCNc1nc(Nc2ccc(C(C)(C)C#N)cc2)nc2ccoc12. The van der Waals surface area contributed by atoms with Gasteiger partial charge in [0.2, 0.25) is 5.95 Å². The molecule has 6 nitrogen and oxygen atoms in total. The molecule has 0 bridgehead atoms. The minimum atomic E-state index is -0.512. The van der Waals surface area contributed by atoms with Crippen molar-refractivity contribution in [1.82, 2.24) is 9.97 Å². The molecule has 0 saturated carbocycles. The highest BCUT2D eigenvalue weighted by atomic mass is 16.3. The van der Waals surface area contributed by atoms with E-state index in [1.807, 2.05) is 44.2 Å². The lowest BCUT2D eigenvalue weighted by atomic mass is 9.86. The Labute approximate surface area is 146 Å². The van der Waals surface area contributed by atoms with Gasteiger partial charge >= 0.3 is 0 Å². The van der Waals surface area contributed by atoms with Gasteiger partial charge in [0, 0.05) is 18.3 Å². The molecule has 3 rings (SSSR count). The van der Waals surface area contributed by atoms with Crippen molar-refractivity contribution >= 4 is 28.6 Å². The van der Waals surface area contributed by atoms with Crippen LogP contribution in [-0.2, 0) is 5.41 Å². The zero-order chi connectivity index (χ0) is 17.9. The summed E-state index contributed by atoms with van der Waals surface area (Å²) in [5.41, 5.74) is 2.73. The van der Waals surface area contributed by atoms with Crippen molar-refractivity contribution in [3.05, 3.63) is 42.2 Å². The van der Waals surface area contributed by atoms with Crippen molar-refractivity contribution in [2.45, 2.75) is 32.6 Å². The van der Waals surface area contributed by atoms with Crippen LogP contribution in [0.3, 0.4) is 0 Å². The van der Waals surface area contributed by atoms with Gasteiger partial charge in [0.25, 0.3) is 0 Å². The standard InChI is InChI=1S/C19H21N5O/c1-4-10-21-17-16-15(9-11-25-16)23-18(24-17)22-14-7-5-13(6-8-14)19(2,3)12-20/h5-9,11H,4,10H2,1-3H3,(H2,21,22,23,24). The summed E-state index contributed by atoms with van der Waals surface area (Å²) in [7, 11) is 0. The third kappa shape index (κ3) is 3.56. The number of rotatable bonds is 6. The van der Waals surface area contributed by atoms with Crippen molar-refractivity contribution in [2.75, 3.05) is 17.2 Å². The predicted molar refractivity (Wildman–Crippen MR) is 98.9 cm³/mol. The number of hydrogen-bond donors (Lipinski definition) is 2. The largest absolute Gasteiger partial charge is 0.459 e. The number of aromatic nitrogens is 2. The fourth-order valence-electron chi connectivity index (χ4n) is 2.45. The number of nitrogens with one attached hydrogen (secondary N) is 2. The molecular formula is C19H21N5O. The normalized spacial score (nSPS) is 11.3. The fraction of sp³-hybridized carbons (Fsp3) is 0.316. The van der Waals surface area contributed by atoms with E-state index in [2.05, 4.69) is 33.6 Å². The molecule has 2 heterocycles. The van der Waals surface area contributed by atoms with Crippen molar-refractivity contribution in [3.63, 3.8) is 0 Å². The number of benzene rings is 1.